The minimum Gasteiger partial charge on any atom is -0.497 e. The predicted molar refractivity (Wildman–Crippen MR) is 166 cm³/mol. The highest BCUT2D eigenvalue weighted by atomic mass is 16.5. The molecule has 4 aromatic rings. The summed E-state index contributed by atoms with van der Waals surface area (Å²) in [6.45, 7) is 14.7. The number of carbonyl (C=O) groups excluding carboxylic acids is 1. The molecule has 1 aromatic heterocycles. The maximum atomic E-state index is 13.6. The fraction of sp³-hybridized carbons (Fsp3) is 0.353. The van der Waals surface area contributed by atoms with E-state index in [1.807, 2.05) is 94.4 Å². The summed E-state index contributed by atoms with van der Waals surface area (Å²) in [5.74, 6) is 0.713. The number of aromatic nitrogens is 1. The summed E-state index contributed by atoms with van der Waals surface area (Å²) in [5.41, 5.74) is 5.83. The van der Waals surface area contributed by atoms with Gasteiger partial charge >= 0.3 is 0 Å². The number of amides is 1. The Kier molecular flexibility index (Phi) is 12.1. The number of hydrogen-bond acceptors (Lipinski definition) is 5. The van der Waals surface area contributed by atoms with Crippen molar-refractivity contribution in [2.75, 3.05) is 33.3 Å². The average molecular weight is 541 g/mol. The number of fused-ring (bicyclic) bond motifs is 1. The van der Waals surface area contributed by atoms with Crippen LogP contribution in [0.1, 0.15) is 59.6 Å². The van der Waals surface area contributed by atoms with Gasteiger partial charge in [0.2, 0.25) is 0 Å². The molecule has 1 amide bonds. The van der Waals surface area contributed by atoms with E-state index >= 15 is 0 Å². The van der Waals surface area contributed by atoms with Gasteiger partial charge in [0.15, 0.2) is 0 Å². The summed E-state index contributed by atoms with van der Waals surface area (Å²) in [6, 6.07) is 25.8. The molecule has 6 nitrogen and oxygen atoms in total. The number of para-hydroxylation sites is 1. The molecule has 212 valence electrons. The van der Waals surface area contributed by atoms with Crippen LogP contribution in [0.2, 0.25) is 0 Å². The fourth-order valence-corrected chi connectivity index (χ4v) is 4.72. The first-order chi connectivity index (χ1) is 19.5. The summed E-state index contributed by atoms with van der Waals surface area (Å²) in [6.07, 6.45) is 0. The zero-order chi connectivity index (χ0) is 28.9. The Morgan fingerprint density at radius 3 is 2.30 bits per heavy atom. The Bertz CT molecular complexity index is 1350. The highest BCUT2D eigenvalue weighted by Crippen LogP contribution is 2.26. The first-order valence-corrected chi connectivity index (χ1v) is 14.2. The van der Waals surface area contributed by atoms with Crippen LogP contribution in [-0.4, -0.2) is 49.1 Å². The smallest absolute Gasteiger partial charge is 0.252 e. The first kappa shape index (κ1) is 30.8. The van der Waals surface area contributed by atoms with Gasteiger partial charge in [-0.1, -0.05) is 80.1 Å². The normalized spacial score (nSPS) is 13.8. The van der Waals surface area contributed by atoms with Crippen LogP contribution in [0.25, 0.3) is 10.9 Å². The molecular formula is C34H44N4O2. The number of aryl methyl sites for hydroxylation is 2. The molecule has 2 N–H and O–H groups in total. The average Bonchev–Trinajstić information content (AvgIpc) is 2.99. The zero-order valence-corrected chi connectivity index (χ0v) is 24.8. The lowest BCUT2D eigenvalue weighted by atomic mass is 9.98. The Balaban J connectivity index is 0.000000422. The van der Waals surface area contributed by atoms with Crippen LogP contribution in [0.15, 0.2) is 78.9 Å². The van der Waals surface area contributed by atoms with Gasteiger partial charge in [-0.15, -0.1) is 0 Å². The minimum absolute atomic E-state index is 0.0674. The largest absolute Gasteiger partial charge is 0.497 e. The second-order valence-electron chi connectivity index (χ2n) is 9.72. The molecule has 0 spiro atoms. The molecule has 40 heavy (non-hydrogen) atoms. The number of pyridine rings is 1. The van der Waals surface area contributed by atoms with Gasteiger partial charge in [-0.25, -0.2) is 0 Å². The van der Waals surface area contributed by atoms with Crippen molar-refractivity contribution < 1.29 is 9.53 Å². The predicted octanol–water partition coefficient (Wildman–Crippen LogP) is 6.47. The minimum atomic E-state index is -0.151. The lowest BCUT2D eigenvalue weighted by Crippen LogP contribution is -2.43. The van der Waals surface area contributed by atoms with E-state index in [1.165, 1.54) is 5.56 Å². The SMILES string of the molecule is CC.COc1cccc([C@H](C)NC(=O)c2c(CN3CCNCC3)c(C)nc3ccccc23)c1.Cc1ccccc1. The summed E-state index contributed by atoms with van der Waals surface area (Å²) < 4.78 is 5.34. The molecule has 5 rings (SSSR count). The molecule has 3 aromatic carbocycles. The molecule has 1 atom stereocenters. The van der Waals surface area contributed by atoms with Crippen molar-refractivity contribution in [2.45, 2.75) is 47.2 Å². The second kappa shape index (κ2) is 15.8. The molecule has 0 aliphatic carbocycles. The molecule has 1 saturated heterocycles. The standard InChI is InChI=1S/C25H30N4O2.C7H8.C2H6/c1-17(19-7-6-8-20(15-19)31-3)28-25(30)24-21-9-4-5-10-23(21)27-18(2)22(24)16-29-13-11-26-12-14-29;1-7-5-3-2-4-6-7;1-2/h4-10,15,17,26H,11-14,16H2,1-3H3,(H,28,30);2-6H,1H3;1-2H3/t17-;;/m0../s1. The van der Waals surface area contributed by atoms with E-state index in [9.17, 15) is 4.79 Å². The Labute approximate surface area is 239 Å². The summed E-state index contributed by atoms with van der Waals surface area (Å²) in [5, 5.41) is 7.49. The van der Waals surface area contributed by atoms with E-state index in [0.717, 1.165) is 71.8 Å². The van der Waals surface area contributed by atoms with E-state index < -0.39 is 0 Å². The summed E-state index contributed by atoms with van der Waals surface area (Å²) in [4.78, 5) is 20.8. The zero-order valence-electron chi connectivity index (χ0n) is 24.8. The maximum Gasteiger partial charge on any atom is 0.252 e. The highest BCUT2D eigenvalue weighted by molar-refractivity contribution is 6.07. The monoisotopic (exact) mass is 540 g/mol. The van der Waals surface area contributed by atoms with Gasteiger partial charge in [-0.3, -0.25) is 14.7 Å². The fourth-order valence-electron chi connectivity index (χ4n) is 4.72. The Morgan fingerprint density at radius 2 is 1.65 bits per heavy atom. The molecule has 1 fully saturated rings. The van der Waals surface area contributed by atoms with Crippen LogP contribution in [0.4, 0.5) is 0 Å². The molecule has 2 heterocycles. The number of hydrogen-bond donors (Lipinski definition) is 2. The van der Waals surface area contributed by atoms with Gasteiger partial charge in [0.25, 0.3) is 5.91 Å². The third-order valence-electron chi connectivity index (χ3n) is 6.90. The number of benzene rings is 3. The molecule has 1 aliphatic rings. The molecule has 1 aliphatic heterocycles. The number of rotatable bonds is 6. The van der Waals surface area contributed by atoms with Crippen molar-refractivity contribution in [1.82, 2.24) is 20.5 Å². The van der Waals surface area contributed by atoms with Gasteiger partial charge < -0.3 is 15.4 Å². The van der Waals surface area contributed by atoms with Crippen molar-refractivity contribution in [2.24, 2.45) is 0 Å². The summed E-state index contributed by atoms with van der Waals surface area (Å²) >= 11 is 0. The Hall–Kier alpha value is -3.74. The summed E-state index contributed by atoms with van der Waals surface area (Å²) in [7, 11) is 1.65. The maximum absolute atomic E-state index is 13.6. The number of ether oxygens (including phenoxy) is 1. The molecule has 0 bridgehead atoms. The van der Waals surface area contributed by atoms with E-state index in [0.29, 0.717) is 0 Å². The molecule has 0 radical (unpaired) electrons. The van der Waals surface area contributed by atoms with Crippen molar-refractivity contribution in [3.05, 3.63) is 107 Å². The van der Waals surface area contributed by atoms with Crippen LogP contribution in [0.5, 0.6) is 5.75 Å². The van der Waals surface area contributed by atoms with Gasteiger partial charge in [-0.05, 0) is 44.5 Å². The lowest BCUT2D eigenvalue weighted by molar-refractivity contribution is 0.0939. The molecule has 0 saturated carbocycles. The number of carbonyl (C=O) groups is 1. The number of nitrogens with one attached hydrogen (secondary N) is 2. The molecular weight excluding hydrogens is 496 g/mol. The van der Waals surface area contributed by atoms with Crippen LogP contribution in [-0.2, 0) is 6.54 Å². The van der Waals surface area contributed by atoms with E-state index in [4.69, 9.17) is 9.72 Å². The van der Waals surface area contributed by atoms with Crippen LogP contribution in [0.3, 0.4) is 0 Å². The Morgan fingerprint density at radius 1 is 0.975 bits per heavy atom. The van der Waals surface area contributed by atoms with Gasteiger partial charge in [0.05, 0.1) is 24.2 Å². The van der Waals surface area contributed by atoms with E-state index in [-0.39, 0.29) is 11.9 Å². The van der Waals surface area contributed by atoms with Crippen LogP contribution >= 0.6 is 0 Å². The number of nitrogens with zero attached hydrogens (tertiary/aromatic N) is 2. The van der Waals surface area contributed by atoms with Crippen molar-refractivity contribution in [3.8, 4) is 5.75 Å². The van der Waals surface area contributed by atoms with Gasteiger partial charge in [0, 0.05) is 49.4 Å². The number of methoxy groups -OCH3 is 1. The van der Waals surface area contributed by atoms with Crippen molar-refractivity contribution >= 4 is 16.8 Å². The van der Waals surface area contributed by atoms with Gasteiger partial charge in [-0.2, -0.15) is 0 Å². The number of piperazine rings is 1. The van der Waals surface area contributed by atoms with Crippen molar-refractivity contribution in [3.63, 3.8) is 0 Å². The van der Waals surface area contributed by atoms with Crippen LogP contribution in [0, 0.1) is 13.8 Å². The molecule has 0 unspecified atom stereocenters. The van der Waals surface area contributed by atoms with E-state index in [1.54, 1.807) is 7.11 Å². The molecule has 6 heteroatoms. The topological polar surface area (TPSA) is 66.5 Å². The lowest BCUT2D eigenvalue weighted by Gasteiger charge is -2.29. The van der Waals surface area contributed by atoms with E-state index in [2.05, 4.69) is 34.6 Å². The van der Waals surface area contributed by atoms with Crippen LogP contribution < -0.4 is 15.4 Å². The first-order valence-electron chi connectivity index (χ1n) is 14.2. The third-order valence-corrected chi connectivity index (χ3v) is 6.90. The quantitative estimate of drug-likeness (QED) is 0.293. The second-order valence-corrected chi connectivity index (χ2v) is 9.72. The highest BCUT2D eigenvalue weighted by Gasteiger charge is 2.23. The van der Waals surface area contributed by atoms with Crippen molar-refractivity contribution in [1.29, 1.82) is 0 Å². The van der Waals surface area contributed by atoms with Gasteiger partial charge in [0.1, 0.15) is 5.75 Å². The third kappa shape index (κ3) is 8.38.